The number of methoxy groups -OCH3 is 1. The third kappa shape index (κ3) is 5.22. The first kappa shape index (κ1) is 18.8. The fourth-order valence-corrected chi connectivity index (χ4v) is 2.61. The summed E-state index contributed by atoms with van der Waals surface area (Å²) in [6.45, 7) is 2.61. The van der Waals surface area contributed by atoms with Crippen LogP contribution in [0.2, 0.25) is 0 Å². The summed E-state index contributed by atoms with van der Waals surface area (Å²) in [6, 6.07) is 9.61. The Balaban J connectivity index is 2.10. The first-order chi connectivity index (χ1) is 12.0. The quantitative estimate of drug-likeness (QED) is 0.542. The van der Waals surface area contributed by atoms with E-state index in [0.717, 1.165) is 16.5 Å². The van der Waals surface area contributed by atoms with Gasteiger partial charge in [-0.15, -0.1) is 0 Å². The molecule has 0 bridgehead atoms. The molecule has 1 amide bonds. The summed E-state index contributed by atoms with van der Waals surface area (Å²) >= 11 is 3.45. The molecule has 0 aliphatic rings. The number of hydrazone groups is 1. The summed E-state index contributed by atoms with van der Waals surface area (Å²) in [5, 5.41) is 13.3. The van der Waals surface area contributed by atoms with Gasteiger partial charge in [-0.25, -0.2) is 5.43 Å². The average molecular weight is 407 g/mol. The first-order valence-corrected chi connectivity index (χ1v) is 8.47. The number of rotatable bonds is 7. The van der Waals surface area contributed by atoms with E-state index in [1.807, 2.05) is 13.0 Å². The zero-order valence-corrected chi connectivity index (χ0v) is 15.5. The van der Waals surface area contributed by atoms with E-state index in [1.54, 1.807) is 25.3 Å². The number of ether oxygens (including phenoxy) is 2. The van der Waals surface area contributed by atoms with Gasteiger partial charge >= 0.3 is 0 Å². The zero-order valence-electron chi connectivity index (χ0n) is 14.0. The van der Waals surface area contributed by atoms with Crippen LogP contribution in [0.3, 0.4) is 0 Å². The van der Waals surface area contributed by atoms with Gasteiger partial charge in [0.25, 0.3) is 5.91 Å². The Kier molecular flexibility index (Phi) is 6.82. The Labute approximate surface area is 154 Å². The van der Waals surface area contributed by atoms with E-state index in [4.69, 9.17) is 9.47 Å². The minimum atomic E-state index is -0.416. The molecule has 25 heavy (non-hydrogen) atoms. The zero-order chi connectivity index (χ0) is 18.2. The number of hydrogen-bond acceptors (Lipinski definition) is 5. The van der Waals surface area contributed by atoms with Gasteiger partial charge in [0.05, 0.1) is 24.4 Å². The number of halogens is 1. The van der Waals surface area contributed by atoms with Gasteiger partial charge in [-0.2, -0.15) is 5.10 Å². The van der Waals surface area contributed by atoms with E-state index in [2.05, 4.69) is 26.5 Å². The smallest absolute Gasteiger partial charge is 0.271 e. The van der Waals surface area contributed by atoms with Crippen molar-refractivity contribution in [1.29, 1.82) is 0 Å². The van der Waals surface area contributed by atoms with Crippen LogP contribution in [0.1, 0.15) is 29.3 Å². The topological polar surface area (TPSA) is 80.2 Å². The minimum absolute atomic E-state index is 0.0213. The highest BCUT2D eigenvalue weighted by atomic mass is 79.9. The average Bonchev–Trinajstić information content (AvgIpc) is 2.60. The second-order valence-electron chi connectivity index (χ2n) is 5.13. The number of benzene rings is 2. The van der Waals surface area contributed by atoms with E-state index in [-0.39, 0.29) is 5.75 Å². The number of phenols is 1. The van der Waals surface area contributed by atoms with Gasteiger partial charge in [0, 0.05) is 5.56 Å². The molecule has 0 aliphatic heterocycles. The normalized spacial score (nSPS) is 10.7. The Morgan fingerprint density at radius 1 is 1.36 bits per heavy atom. The van der Waals surface area contributed by atoms with Crippen LogP contribution < -0.4 is 14.9 Å². The van der Waals surface area contributed by atoms with Crippen LogP contribution in [-0.4, -0.2) is 30.9 Å². The number of nitrogens with zero attached hydrogens (tertiary/aromatic N) is 1. The molecule has 0 unspecified atom stereocenters. The molecule has 0 fully saturated rings. The van der Waals surface area contributed by atoms with Crippen LogP contribution in [0.25, 0.3) is 0 Å². The molecule has 0 aromatic heterocycles. The van der Waals surface area contributed by atoms with Crippen molar-refractivity contribution in [1.82, 2.24) is 5.43 Å². The number of hydrogen-bond donors (Lipinski definition) is 2. The van der Waals surface area contributed by atoms with Gasteiger partial charge in [0.15, 0.2) is 11.5 Å². The molecular weight excluding hydrogens is 388 g/mol. The molecule has 0 atom stereocenters. The van der Waals surface area contributed by atoms with Crippen molar-refractivity contribution in [2.45, 2.75) is 13.3 Å². The number of carbonyl (C=O) groups excluding carboxylic acids is 1. The highest BCUT2D eigenvalue weighted by Crippen LogP contribution is 2.36. The summed E-state index contributed by atoms with van der Waals surface area (Å²) in [5.74, 6) is 0.808. The number of nitrogens with one attached hydrogen (secondary N) is 1. The SMILES string of the molecule is CCCOc1c(Br)cc(/C=N\NC(=O)c2cccc(O)c2)cc1OC. The lowest BCUT2D eigenvalue weighted by atomic mass is 10.2. The lowest BCUT2D eigenvalue weighted by Gasteiger charge is -2.12. The van der Waals surface area contributed by atoms with Crippen molar-refractivity contribution >= 4 is 28.1 Å². The molecule has 2 aromatic carbocycles. The van der Waals surface area contributed by atoms with Crippen molar-refractivity contribution in [3.05, 3.63) is 52.0 Å². The Morgan fingerprint density at radius 3 is 2.84 bits per heavy atom. The second-order valence-corrected chi connectivity index (χ2v) is 5.99. The van der Waals surface area contributed by atoms with Gasteiger partial charge < -0.3 is 14.6 Å². The summed E-state index contributed by atoms with van der Waals surface area (Å²) < 4.78 is 11.7. The molecule has 0 saturated heterocycles. The molecule has 0 aliphatic carbocycles. The second kappa shape index (κ2) is 9.08. The Morgan fingerprint density at radius 2 is 2.16 bits per heavy atom. The largest absolute Gasteiger partial charge is 0.508 e. The van der Waals surface area contributed by atoms with Crippen LogP contribution in [0.15, 0.2) is 46.0 Å². The fourth-order valence-electron chi connectivity index (χ4n) is 2.04. The summed E-state index contributed by atoms with van der Waals surface area (Å²) in [5.41, 5.74) is 3.46. The lowest BCUT2D eigenvalue weighted by Crippen LogP contribution is -2.17. The van der Waals surface area contributed by atoms with E-state index in [1.165, 1.54) is 18.3 Å². The highest BCUT2D eigenvalue weighted by Gasteiger charge is 2.11. The standard InChI is InChI=1S/C18H19BrN2O4/c1-3-7-25-17-15(19)8-12(9-16(17)24-2)11-20-21-18(23)13-5-4-6-14(22)10-13/h4-6,8-11,22H,3,7H2,1-2H3,(H,21,23)/b20-11-. The molecule has 0 radical (unpaired) electrons. The molecule has 6 nitrogen and oxygen atoms in total. The maximum absolute atomic E-state index is 12.0. The fraction of sp³-hybridized carbons (Fsp3) is 0.222. The summed E-state index contributed by atoms with van der Waals surface area (Å²) in [7, 11) is 1.56. The van der Waals surface area contributed by atoms with Gasteiger partial charge in [-0.1, -0.05) is 13.0 Å². The van der Waals surface area contributed by atoms with Crippen LogP contribution in [0.4, 0.5) is 0 Å². The van der Waals surface area contributed by atoms with Gasteiger partial charge in [0.2, 0.25) is 0 Å². The van der Waals surface area contributed by atoms with Crippen molar-refractivity contribution < 1.29 is 19.4 Å². The lowest BCUT2D eigenvalue weighted by molar-refractivity contribution is 0.0954. The summed E-state index contributed by atoms with van der Waals surface area (Å²) in [6.07, 6.45) is 2.39. The number of phenolic OH excluding ortho intramolecular Hbond substituents is 1. The van der Waals surface area contributed by atoms with Crippen molar-refractivity contribution in [3.63, 3.8) is 0 Å². The summed E-state index contributed by atoms with van der Waals surface area (Å²) in [4.78, 5) is 12.0. The highest BCUT2D eigenvalue weighted by molar-refractivity contribution is 9.10. The van der Waals surface area contributed by atoms with E-state index in [0.29, 0.717) is 23.7 Å². The minimum Gasteiger partial charge on any atom is -0.508 e. The van der Waals surface area contributed by atoms with Crippen molar-refractivity contribution in [2.24, 2.45) is 5.10 Å². The molecule has 0 saturated carbocycles. The molecule has 2 aromatic rings. The van der Waals surface area contributed by atoms with Gasteiger partial charge in [0.1, 0.15) is 5.75 Å². The molecule has 0 spiro atoms. The van der Waals surface area contributed by atoms with Crippen molar-refractivity contribution in [2.75, 3.05) is 13.7 Å². The number of carbonyl (C=O) groups is 1. The third-order valence-electron chi connectivity index (χ3n) is 3.19. The molecule has 2 rings (SSSR count). The Bertz CT molecular complexity index is 778. The van der Waals surface area contributed by atoms with Crippen LogP contribution in [-0.2, 0) is 0 Å². The Hall–Kier alpha value is -2.54. The molecule has 132 valence electrons. The van der Waals surface area contributed by atoms with Gasteiger partial charge in [-0.05, 0) is 58.2 Å². The predicted octanol–water partition coefficient (Wildman–Crippen LogP) is 3.72. The maximum atomic E-state index is 12.0. The van der Waals surface area contributed by atoms with Crippen LogP contribution in [0, 0.1) is 0 Å². The van der Waals surface area contributed by atoms with Crippen molar-refractivity contribution in [3.8, 4) is 17.2 Å². The number of amides is 1. The first-order valence-electron chi connectivity index (χ1n) is 7.68. The van der Waals surface area contributed by atoms with Crippen LogP contribution >= 0.6 is 15.9 Å². The predicted molar refractivity (Wildman–Crippen MR) is 99.6 cm³/mol. The van der Waals surface area contributed by atoms with E-state index >= 15 is 0 Å². The van der Waals surface area contributed by atoms with Crippen LogP contribution in [0.5, 0.6) is 17.2 Å². The van der Waals surface area contributed by atoms with E-state index in [9.17, 15) is 9.90 Å². The molecule has 2 N–H and O–H groups in total. The van der Waals surface area contributed by atoms with E-state index < -0.39 is 5.91 Å². The molecule has 7 heteroatoms. The molecular formula is C18H19BrN2O4. The molecule has 0 heterocycles. The maximum Gasteiger partial charge on any atom is 0.271 e. The third-order valence-corrected chi connectivity index (χ3v) is 3.78. The monoisotopic (exact) mass is 406 g/mol. The number of aromatic hydroxyl groups is 1. The van der Waals surface area contributed by atoms with Gasteiger partial charge in [-0.3, -0.25) is 4.79 Å².